The Balaban J connectivity index is 2.87. The maximum absolute atomic E-state index is 10.1. The van der Waals surface area contributed by atoms with E-state index in [1.807, 2.05) is 50.3 Å². The first-order valence-corrected chi connectivity index (χ1v) is 5.15. The largest absolute Gasteiger partial charge is 0.387 e. The molecule has 1 nitrogen and oxygen atoms in total. The van der Waals surface area contributed by atoms with Gasteiger partial charge in [-0.15, -0.1) is 6.58 Å². The Bertz CT molecular complexity index is 334. The summed E-state index contributed by atoms with van der Waals surface area (Å²) in [6.45, 7) is 7.80. The Hall–Kier alpha value is -1.34. The lowest BCUT2D eigenvalue weighted by Crippen LogP contribution is -2.08. The third-order valence-corrected chi connectivity index (χ3v) is 2.30. The lowest BCUT2D eigenvalue weighted by molar-refractivity contribution is 0.151. The van der Waals surface area contributed by atoms with Crippen LogP contribution in [0.1, 0.15) is 25.5 Å². The van der Waals surface area contributed by atoms with Crippen LogP contribution in [0.3, 0.4) is 0 Å². The van der Waals surface area contributed by atoms with Crippen molar-refractivity contribution in [3.8, 4) is 0 Å². The molecule has 2 atom stereocenters. The van der Waals surface area contributed by atoms with Gasteiger partial charge in [-0.1, -0.05) is 48.1 Å². The summed E-state index contributed by atoms with van der Waals surface area (Å²) in [5, 5.41) is 10.1. The van der Waals surface area contributed by atoms with Crippen LogP contribution in [0, 0.1) is 5.92 Å². The first-order chi connectivity index (χ1) is 7.15. The van der Waals surface area contributed by atoms with Crippen molar-refractivity contribution in [2.45, 2.75) is 20.0 Å². The summed E-state index contributed by atoms with van der Waals surface area (Å²) in [7, 11) is 0. The van der Waals surface area contributed by atoms with Crippen molar-refractivity contribution in [3.05, 3.63) is 60.2 Å². The van der Waals surface area contributed by atoms with Crippen LogP contribution in [-0.4, -0.2) is 5.11 Å². The molecule has 1 heteroatoms. The van der Waals surface area contributed by atoms with Crippen molar-refractivity contribution >= 4 is 0 Å². The SMILES string of the molecule is C=C[C@H](C=C(C)C)[C@H](O)c1ccccc1. The number of rotatable bonds is 4. The summed E-state index contributed by atoms with van der Waals surface area (Å²) in [6.07, 6.45) is 3.31. The van der Waals surface area contributed by atoms with Crippen molar-refractivity contribution < 1.29 is 5.11 Å². The Morgan fingerprint density at radius 2 is 1.87 bits per heavy atom. The fourth-order valence-corrected chi connectivity index (χ4v) is 1.55. The molecule has 0 aliphatic heterocycles. The van der Waals surface area contributed by atoms with Gasteiger partial charge < -0.3 is 5.11 Å². The van der Waals surface area contributed by atoms with E-state index < -0.39 is 6.10 Å². The second kappa shape index (κ2) is 5.52. The van der Waals surface area contributed by atoms with E-state index in [0.717, 1.165) is 5.56 Å². The van der Waals surface area contributed by atoms with Gasteiger partial charge in [-0.3, -0.25) is 0 Å². The van der Waals surface area contributed by atoms with E-state index >= 15 is 0 Å². The van der Waals surface area contributed by atoms with E-state index in [1.165, 1.54) is 5.57 Å². The van der Waals surface area contributed by atoms with Crippen molar-refractivity contribution in [2.24, 2.45) is 5.92 Å². The summed E-state index contributed by atoms with van der Waals surface area (Å²) in [5.41, 5.74) is 2.12. The Morgan fingerprint density at radius 1 is 1.27 bits per heavy atom. The van der Waals surface area contributed by atoms with Crippen LogP contribution in [0.2, 0.25) is 0 Å². The molecule has 80 valence electrons. The van der Waals surface area contributed by atoms with Crippen LogP contribution in [0.25, 0.3) is 0 Å². The molecule has 0 fully saturated rings. The molecule has 15 heavy (non-hydrogen) atoms. The summed E-state index contributed by atoms with van der Waals surface area (Å²) in [4.78, 5) is 0. The van der Waals surface area contributed by atoms with Gasteiger partial charge in [0.25, 0.3) is 0 Å². The molecule has 1 aromatic carbocycles. The highest BCUT2D eigenvalue weighted by Gasteiger charge is 2.14. The highest BCUT2D eigenvalue weighted by Crippen LogP contribution is 2.24. The van der Waals surface area contributed by atoms with Crippen molar-refractivity contribution in [2.75, 3.05) is 0 Å². The quantitative estimate of drug-likeness (QED) is 0.741. The lowest BCUT2D eigenvalue weighted by Gasteiger charge is -2.17. The van der Waals surface area contributed by atoms with Crippen molar-refractivity contribution in [3.63, 3.8) is 0 Å². The summed E-state index contributed by atoms with van der Waals surface area (Å²) in [6, 6.07) is 9.67. The molecule has 0 radical (unpaired) electrons. The standard InChI is InChI=1S/C14H18O/c1-4-12(10-11(2)3)14(15)13-8-6-5-7-9-13/h4-10,12,14-15H,1H2,2-3H3/t12-,14+/m1/s1. The Kier molecular flexibility index (Phi) is 4.32. The molecule has 0 unspecified atom stereocenters. The summed E-state index contributed by atoms with van der Waals surface area (Å²) in [5.74, 6) is -0.0163. The fraction of sp³-hybridized carbons (Fsp3) is 0.286. The number of allylic oxidation sites excluding steroid dienone is 1. The molecule has 0 aliphatic rings. The summed E-state index contributed by atoms with van der Waals surface area (Å²) < 4.78 is 0. The molecule has 0 saturated heterocycles. The highest BCUT2D eigenvalue weighted by atomic mass is 16.3. The van der Waals surface area contributed by atoms with E-state index in [-0.39, 0.29) is 5.92 Å². The predicted octanol–water partition coefficient (Wildman–Crippen LogP) is 3.49. The van der Waals surface area contributed by atoms with Gasteiger partial charge in [-0.2, -0.15) is 0 Å². The number of aliphatic hydroxyl groups excluding tert-OH is 1. The van der Waals surface area contributed by atoms with Crippen LogP contribution in [0.15, 0.2) is 54.6 Å². The van der Waals surface area contributed by atoms with Crippen molar-refractivity contribution in [1.29, 1.82) is 0 Å². The van der Waals surface area contributed by atoms with E-state index in [4.69, 9.17) is 0 Å². The molecule has 0 heterocycles. The van der Waals surface area contributed by atoms with Gasteiger partial charge in [0.1, 0.15) is 0 Å². The number of hydrogen-bond donors (Lipinski definition) is 1. The average molecular weight is 202 g/mol. The first-order valence-electron chi connectivity index (χ1n) is 5.15. The third kappa shape index (κ3) is 3.37. The zero-order chi connectivity index (χ0) is 11.3. The highest BCUT2D eigenvalue weighted by molar-refractivity contribution is 5.21. The van der Waals surface area contributed by atoms with Gasteiger partial charge in [0.05, 0.1) is 6.10 Å². The normalized spacial score (nSPS) is 14.1. The molecule has 0 spiro atoms. The minimum absolute atomic E-state index is 0.0163. The van der Waals surface area contributed by atoms with Gasteiger partial charge in [0, 0.05) is 5.92 Å². The molecular weight excluding hydrogens is 184 g/mol. The van der Waals surface area contributed by atoms with E-state index in [1.54, 1.807) is 6.08 Å². The Labute approximate surface area is 91.8 Å². The minimum atomic E-state index is -0.501. The molecule has 1 rings (SSSR count). The van der Waals surface area contributed by atoms with Crippen LogP contribution in [-0.2, 0) is 0 Å². The number of aliphatic hydroxyl groups is 1. The van der Waals surface area contributed by atoms with Crippen molar-refractivity contribution in [1.82, 2.24) is 0 Å². The smallest absolute Gasteiger partial charge is 0.0887 e. The average Bonchev–Trinajstić information content (AvgIpc) is 2.26. The summed E-state index contributed by atoms with van der Waals surface area (Å²) >= 11 is 0. The molecule has 0 aliphatic carbocycles. The third-order valence-electron chi connectivity index (χ3n) is 2.30. The molecular formula is C14H18O. The van der Waals surface area contributed by atoms with Gasteiger partial charge >= 0.3 is 0 Å². The molecule has 0 bridgehead atoms. The van der Waals surface area contributed by atoms with E-state index in [0.29, 0.717) is 0 Å². The van der Waals surface area contributed by atoms with Crippen LogP contribution < -0.4 is 0 Å². The number of benzene rings is 1. The van der Waals surface area contributed by atoms with Gasteiger partial charge in [0.2, 0.25) is 0 Å². The first kappa shape index (κ1) is 11.7. The fourth-order valence-electron chi connectivity index (χ4n) is 1.55. The second-order valence-corrected chi connectivity index (χ2v) is 3.91. The predicted molar refractivity (Wildman–Crippen MR) is 64.5 cm³/mol. The molecule has 1 N–H and O–H groups in total. The zero-order valence-electron chi connectivity index (χ0n) is 9.35. The zero-order valence-corrected chi connectivity index (χ0v) is 9.35. The Morgan fingerprint density at radius 3 is 2.33 bits per heavy atom. The van der Waals surface area contributed by atoms with Crippen LogP contribution in [0.5, 0.6) is 0 Å². The number of hydrogen-bond acceptors (Lipinski definition) is 1. The molecule has 0 amide bonds. The van der Waals surface area contributed by atoms with Crippen LogP contribution >= 0.6 is 0 Å². The van der Waals surface area contributed by atoms with Gasteiger partial charge in [0.15, 0.2) is 0 Å². The maximum Gasteiger partial charge on any atom is 0.0887 e. The molecule has 1 aromatic rings. The molecule has 0 aromatic heterocycles. The van der Waals surface area contributed by atoms with E-state index in [9.17, 15) is 5.11 Å². The van der Waals surface area contributed by atoms with Gasteiger partial charge in [-0.25, -0.2) is 0 Å². The minimum Gasteiger partial charge on any atom is -0.387 e. The maximum atomic E-state index is 10.1. The monoisotopic (exact) mass is 202 g/mol. The van der Waals surface area contributed by atoms with E-state index in [2.05, 4.69) is 6.58 Å². The lowest BCUT2D eigenvalue weighted by atomic mass is 9.94. The van der Waals surface area contributed by atoms with Gasteiger partial charge in [-0.05, 0) is 19.4 Å². The molecule has 0 saturated carbocycles. The topological polar surface area (TPSA) is 20.2 Å². The second-order valence-electron chi connectivity index (χ2n) is 3.91. The van der Waals surface area contributed by atoms with Crippen LogP contribution in [0.4, 0.5) is 0 Å².